The highest BCUT2D eigenvalue weighted by Crippen LogP contribution is 2.37. The second kappa shape index (κ2) is 10.8. The molecule has 0 radical (unpaired) electrons. The first kappa shape index (κ1) is 26.3. The van der Waals surface area contributed by atoms with E-state index in [1.807, 2.05) is 24.4 Å². The zero-order valence-electron chi connectivity index (χ0n) is 21.9. The zero-order valence-corrected chi connectivity index (χ0v) is 22.7. The second-order valence-electron chi connectivity index (χ2n) is 10.4. The number of hydrogen-bond donors (Lipinski definition) is 3. The number of rotatable bonds is 7. The number of fused-ring (bicyclic) bond motifs is 1. The molecule has 3 aromatic rings. The van der Waals surface area contributed by atoms with Crippen LogP contribution >= 0.6 is 11.3 Å². The van der Waals surface area contributed by atoms with Crippen molar-refractivity contribution in [2.24, 2.45) is 0 Å². The minimum Gasteiger partial charge on any atom is -0.395 e. The third-order valence-corrected chi connectivity index (χ3v) is 7.99. The lowest BCUT2D eigenvalue weighted by atomic mass is 9.85. The van der Waals surface area contributed by atoms with Gasteiger partial charge in [0.2, 0.25) is 5.91 Å². The molecule has 2 amide bonds. The Morgan fingerprint density at radius 1 is 1.24 bits per heavy atom. The minimum atomic E-state index is -0.392. The average Bonchev–Trinajstić information content (AvgIpc) is 3.51. The van der Waals surface area contributed by atoms with Crippen molar-refractivity contribution in [2.75, 3.05) is 36.5 Å². The van der Waals surface area contributed by atoms with Crippen LogP contribution in [-0.2, 0) is 21.4 Å². The van der Waals surface area contributed by atoms with Gasteiger partial charge in [0.15, 0.2) is 5.13 Å². The van der Waals surface area contributed by atoms with Crippen molar-refractivity contribution in [1.82, 2.24) is 15.3 Å². The van der Waals surface area contributed by atoms with Crippen molar-refractivity contribution in [1.29, 1.82) is 0 Å². The number of carbonyl (C=O) groups is 2. The van der Waals surface area contributed by atoms with Crippen molar-refractivity contribution in [3.05, 3.63) is 58.7 Å². The molecular weight excluding hydrogens is 502 g/mol. The summed E-state index contributed by atoms with van der Waals surface area (Å²) in [6.45, 7) is 7.61. The van der Waals surface area contributed by atoms with Crippen LogP contribution in [-0.4, -0.2) is 65.3 Å². The number of nitrogens with one attached hydrogen (secondary N) is 2. The molecule has 10 heteroatoms. The fraction of sp³-hybridized carbons (Fsp3) is 0.429. The molecule has 9 nitrogen and oxygen atoms in total. The molecule has 2 aliphatic rings. The van der Waals surface area contributed by atoms with E-state index < -0.39 is 5.41 Å². The van der Waals surface area contributed by atoms with Crippen molar-refractivity contribution in [3.63, 3.8) is 0 Å². The number of aliphatic hydroxyl groups is 1. The molecule has 1 saturated heterocycles. The highest BCUT2D eigenvalue weighted by molar-refractivity contribution is 7.14. The van der Waals surface area contributed by atoms with Crippen LogP contribution in [0.3, 0.4) is 0 Å². The number of aliphatic hydroxyl groups excluding tert-OH is 1. The minimum absolute atomic E-state index is 0.000874. The van der Waals surface area contributed by atoms with E-state index in [1.54, 1.807) is 6.07 Å². The van der Waals surface area contributed by atoms with Crippen LogP contribution in [0.25, 0.3) is 11.3 Å². The fourth-order valence-corrected chi connectivity index (χ4v) is 5.91. The number of carbonyl (C=O) groups excluding carboxylic acids is 2. The molecule has 0 bridgehead atoms. The molecule has 1 aliphatic carbocycles. The summed E-state index contributed by atoms with van der Waals surface area (Å²) in [4.78, 5) is 36.5. The van der Waals surface area contributed by atoms with Gasteiger partial charge >= 0.3 is 0 Å². The van der Waals surface area contributed by atoms with E-state index in [0.717, 1.165) is 54.1 Å². The molecule has 1 aromatic carbocycles. The number of aromatic nitrogens is 2. The van der Waals surface area contributed by atoms with E-state index in [4.69, 9.17) is 4.74 Å². The first-order valence-corrected chi connectivity index (χ1v) is 13.8. The standard InChI is InChI=1S/C28H33N5O4S/c1-17-13-33(14-18(2)37-17)21-6-4-5-19(9-21)24-15-38-27(31-24)32-25(35)12-30-26(36)20-10-22-23(29-11-20)7-8-28(22,3)16-34/h4-6,9-11,15,17-18,34H,7-8,12-14,16H2,1-3H3,(H,30,36)(H,31,32,35)/t17-,18+,28-/m0/s1. The average molecular weight is 536 g/mol. The van der Waals surface area contributed by atoms with E-state index in [-0.39, 0.29) is 37.2 Å². The summed E-state index contributed by atoms with van der Waals surface area (Å²) >= 11 is 1.34. The largest absolute Gasteiger partial charge is 0.395 e. The molecule has 0 spiro atoms. The number of amides is 2. The van der Waals surface area contributed by atoms with Crippen LogP contribution in [0.1, 0.15) is 48.8 Å². The zero-order chi connectivity index (χ0) is 26.9. The summed E-state index contributed by atoms with van der Waals surface area (Å²) in [5.74, 6) is -0.746. The van der Waals surface area contributed by atoms with Crippen LogP contribution in [0, 0.1) is 0 Å². The van der Waals surface area contributed by atoms with Crippen LogP contribution in [0.15, 0.2) is 41.9 Å². The summed E-state index contributed by atoms with van der Waals surface area (Å²) < 4.78 is 5.85. The first-order chi connectivity index (χ1) is 18.2. The molecule has 0 saturated carbocycles. The molecule has 2 aromatic heterocycles. The molecule has 3 N–H and O–H groups in total. The van der Waals surface area contributed by atoms with Crippen molar-refractivity contribution < 1.29 is 19.4 Å². The Morgan fingerprint density at radius 2 is 2.03 bits per heavy atom. The Bertz CT molecular complexity index is 1330. The number of ether oxygens (including phenoxy) is 1. The van der Waals surface area contributed by atoms with Crippen molar-refractivity contribution >= 4 is 34.0 Å². The highest BCUT2D eigenvalue weighted by Gasteiger charge is 2.35. The Hall–Kier alpha value is -3.34. The third-order valence-electron chi connectivity index (χ3n) is 7.23. The lowest BCUT2D eigenvalue weighted by molar-refractivity contribution is -0.115. The normalized spacial score (nSPS) is 22.7. The smallest absolute Gasteiger partial charge is 0.253 e. The van der Waals surface area contributed by atoms with Gasteiger partial charge in [0, 0.05) is 47.0 Å². The van der Waals surface area contributed by atoms with Gasteiger partial charge in [0.25, 0.3) is 5.91 Å². The number of thiazole rings is 1. The van der Waals surface area contributed by atoms with Crippen LogP contribution in [0.2, 0.25) is 0 Å². The predicted molar refractivity (Wildman–Crippen MR) is 148 cm³/mol. The highest BCUT2D eigenvalue weighted by atomic mass is 32.1. The van der Waals surface area contributed by atoms with E-state index in [0.29, 0.717) is 10.7 Å². The van der Waals surface area contributed by atoms with Crippen molar-refractivity contribution in [3.8, 4) is 11.3 Å². The van der Waals surface area contributed by atoms with Crippen LogP contribution in [0.4, 0.5) is 10.8 Å². The van der Waals surface area contributed by atoms with E-state index in [2.05, 4.69) is 51.5 Å². The fourth-order valence-electron chi connectivity index (χ4n) is 5.17. The van der Waals surface area contributed by atoms with E-state index >= 15 is 0 Å². The predicted octanol–water partition coefficient (Wildman–Crippen LogP) is 3.38. The topological polar surface area (TPSA) is 117 Å². The van der Waals surface area contributed by atoms with Gasteiger partial charge in [0.05, 0.1) is 36.6 Å². The number of pyridine rings is 1. The van der Waals surface area contributed by atoms with Gasteiger partial charge in [-0.1, -0.05) is 19.1 Å². The maximum Gasteiger partial charge on any atom is 0.253 e. The molecule has 3 heterocycles. The molecule has 38 heavy (non-hydrogen) atoms. The lowest BCUT2D eigenvalue weighted by Gasteiger charge is -2.37. The molecular formula is C28H33N5O4S. The van der Waals surface area contributed by atoms with Gasteiger partial charge in [-0.2, -0.15) is 0 Å². The number of hydrogen-bond acceptors (Lipinski definition) is 8. The summed E-state index contributed by atoms with van der Waals surface area (Å²) in [7, 11) is 0. The maximum absolute atomic E-state index is 12.7. The summed E-state index contributed by atoms with van der Waals surface area (Å²) in [5.41, 5.74) is 4.66. The molecule has 0 unspecified atom stereocenters. The van der Waals surface area contributed by atoms with Gasteiger partial charge in [0.1, 0.15) is 0 Å². The molecule has 3 atom stereocenters. The SMILES string of the molecule is C[C@@H]1CN(c2cccc(-c3csc(NC(=O)CNC(=O)c4cnc5c(c4)[C@](C)(CO)CC5)n3)c2)C[C@H](C)O1. The van der Waals surface area contributed by atoms with Gasteiger partial charge in [-0.15, -0.1) is 11.3 Å². The molecule has 200 valence electrons. The monoisotopic (exact) mass is 535 g/mol. The van der Waals surface area contributed by atoms with Gasteiger partial charge < -0.3 is 25.4 Å². The quantitative estimate of drug-likeness (QED) is 0.425. The molecule has 1 fully saturated rings. The van der Waals surface area contributed by atoms with Crippen LogP contribution < -0.4 is 15.5 Å². The number of benzene rings is 1. The molecule has 5 rings (SSSR count). The Kier molecular flexibility index (Phi) is 7.47. The van der Waals surface area contributed by atoms with Crippen molar-refractivity contribution in [2.45, 2.75) is 51.2 Å². The number of nitrogens with zero attached hydrogens (tertiary/aromatic N) is 3. The number of anilines is 2. The second-order valence-corrected chi connectivity index (χ2v) is 11.3. The maximum atomic E-state index is 12.7. The Morgan fingerprint density at radius 3 is 2.79 bits per heavy atom. The van der Waals surface area contributed by atoms with Crippen LogP contribution in [0.5, 0.6) is 0 Å². The first-order valence-electron chi connectivity index (χ1n) is 12.9. The lowest BCUT2D eigenvalue weighted by Crippen LogP contribution is -2.45. The van der Waals surface area contributed by atoms with Gasteiger partial charge in [-0.3, -0.25) is 14.6 Å². The Labute approximate surface area is 226 Å². The van der Waals surface area contributed by atoms with E-state index in [9.17, 15) is 14.7 Å². The Balaban J connectivity index is 1.18. The van der Waals surface area contributed by atoms with Gasteiger partial charge in [-0.25, -0.2) is 4.98 Å². The summed E-state index contributed by atoms with van der Waals surface area (Å²) in [5, 5.41) is 17.6. The van der Waals surface area contributed by atoms with Gasteiger partial charge in [-0.05, 0) is 50.5 Å². The summed E-state index contributed by atoms with van der Waals surface area (Å²) in [6, 6.07) is 9.99. The summed E-state index contributed by atoms with van der Waals surface area (Å²) in [6.07, 6.45) is 3.44. The number of morpholine rings is 1. The molecule has 1 aliphatic heterocycles. The van der Waals surface area contributed by atoms with E-state index in [1.165, 1.54) is 17.5 Å². The number of aryl methyl sites for hydroxylation is 1. The third kappa shape index (κ3) is 5.57.